The number of hydrogen-bond donors (Lipinski definition) is 0. The van der Waals surface area contributed by atoms with E-state index in [1.54, 1.807) is 12.3 Å². The molecule has 0 atom stereocenters. The minimum atomic E-state index is -0.170. The third kappa shape index (κ3) is 3.74. The van der Waals surface area contributed by atoms with Crippen LogP contribution in [0.25, 0.3) is 0 Å². The van der Waals surface area contributed by atoms with Crippen LogP contribution in [-0.4, -0.2) is 46.9 Å². The third-order valence-corrected chi connectivity index (χ3v) is 4.17. The van der Waals surface area contributed by atoms with Gasteiger partial charge < -0.3 is 4.90 Å². The van der Waals surface area contributed by atoms with E-state index in [2.05, 4.69) is 9.88 Å². The highest BCUT2D eigenvalue weighted by molar-refractivity contribution is 5.94. The van der Waals surface area contributed by atoms with Crippen molar-refractivity contribution < 1.29 is 9.18 Å². The minimum Gasteiger partial charge on any atom is -0.336 e. The van der Waals surface area contributed by atoms with E-state index < -0.39 is 0 Å². The Balaban J connectivity index is 1.57. The summed E-state index contributed by atoms with van der Waals surface area (Å²) in [5, 5.41) is 0. The first-order valence-corrected chi connectivity index (χ1v) is 7.81. The van der Waals surface area contributed by atoms with Gasteiger partial charge in [-0.15, -0.1) is 0 Å². The molecule has 0 saturated carbocycles. The van der Waals surface area contributed by atoms with Gasteiger partial charge in [-0.25, -0.2) is 4.39 Å². The first-order chi connectivity index (χ1) is 11.1. The largest absolute Gasteiger partial charge is 0.336 e. The molecule has 1 amide bonds. The summed E-state index contributed by atoms with van der Waals surface area (Å²) in [6.07, 6.45) is 1.63. The Bertz CT molecular complexity index is 679. The third-order valence-electron chi connectivity index (χ3n) is 4.17. The Morgan fingerprint density at radius 1 is 1.13 bits per heavy atom. The van der Waals surface area contributed by atoms with Crippen LogP contribution in [0.2, 0.25) is 0 Å². The Morgan fingerprint density at radius 3 is 2.52 bits per heavy atom. The van der Waals surface area contributed by atoms with Gasteiger partial charge in [0.2, 0.25) is 0 Å². The van der Waals surface area contributed by atoms with Gasteiger partial charge in [0.1, 0.15) is 5.82 Å². The number of carbonyl (C=O) groups excluding carboxylic acids is 1. The van der Waals surface area contributed by atoms with Crippen molar-refractivity contribution in [3.05, 3.63) is 65.2 Å². The lowest BCUT2D eigenvalue weighted by atomic mass is 10.1. The second-order valence-corrected chi connectivity index (χ2v) is 5.85. The highest BCUT2D eigenvalue weighted by atomic mass is 19.1. The molecule has 2 aromatic rings. The summed E-state index contributed by atoms with van der Waals surface area (Å²) >= 11 is 0. The lowest BCUT2D eigenvalue weighted by Crippen LogP contribution is -2.48. The number of benzene rings is 1. The fraction of sp³-hybridized carbons (Fsp3) is 0.333. The highest BCUT2D eigenvalue weighted by Crippen LogP contribution is 2.13. The Labute approximate surface area is 135 Å². The molecule has 5 heteroatoms. The van der Waals surface area contributed by atoms with Crippen LogP contribution in [0.3, 0.4) is 0 Å². The van der Waals surface area contributed by atoms with Gasteiger partial charge in [-0.2, -0.15) is 0 Å². The molecule has 23 heavy (non-hydrogen) atoms. The summed E-state index contributed by atoms with van der Waals surface area (Å²) in [5.74, 6) is -0.153. The van der Waals surface area contributed by atoms with E-state index in [9.17, 15) is 9.18 Å². The maximum atomic E-state index is 13.7. The molecule has 1 saturated heterocycles. The van der Waals surface area contributed by atoms with Gasteiger partial charge in [0.25, 0.3) is 5.91 Å². The standard InChI is InChI=1S/C18H20FN3O/c1-14-6-7-15(12-20-14)18(23)22-10-8-21(9-11-22)13-16-4-2-3-5-17(16)19/h2-7,12H,8-11,13H2,1H3. The number of amides is 1. The Morgan fingerprint density at radius 2 is 1.87 bits per heavy atom. The fourth-order valence-corrected chi connectivity index (χ4v) is 2.75. The maximum Gasteiger partial charge on any atom is 0.255 e. The van der Waals surface area contributed by atoms with Crippen molar-refractivity contribution in [2.24, 2.45) is 0 Å². The lowest BCUT2D eigenvalue weighted by Gasteiger charge is -2.34. The summed E-state index contributed by atoms with van der Waals surface area (Å²) in [4.78, 5) is 20.6. The van der Waals surface area contributed by atoms with Gasteiger partial charge in [-0.05, 0) is 25.1 Å². The summed E-state index contributed by atoms with van der Waals surface area (Å²) in [5.41, 5.74) is 2.23. The zero-order valence-corrected chi connectivity index (χ0v) is 13.2. The number of rotatable bonds is 3. The molecule has 0 aliphatic carbocycles. The predicted molar refractivity (Wildman–Crippen MR) is 86.6 cm³/mol. The topological polar surface area (TPSA) is 36.4 Å². The van der Waals surface area contributed by atoms with Crippen LogP contribution in [-0.2, 0) is 6.54 Å². The van der Waals surface area contributed by atoms with Gasteiger partial charge in [0.15, 0.2) is 0 Å². The van der Waals surface area contributed by atoms with E-state index in [0.717, 1.165) is 18.8 Å². The molecule has 2 heterocycles. The number of carbonyl (C=O) groups is 1. The summed E-state index contributed by atoms with van der Waals surface area (Å²) in [7, 11) is 0. The molecule has 0 bridgehead atoms. The van der Waals surface area contributed by atoms with Crippen molar-refractivity contribution in [2.75, 3.05) is 26.2 Å². The molecule has 1 aromatic carbocycles. The SMILES string of the molecule is Cc1ccc(C(=O)N2CCN(Cc3ccccc3F)CC2)cn1. The highest BCUT2D eigenvalue weighted by Gasteiger charge is 2.22. The number of aryl methyl sites for hydroxylation is 1. The second-order valence-electron chi connectivity index (χ2n) is 5.85. The van der Waals surface area contributed by atoms with Crippen LogP contribution < -0.4 is 0 Å². The molecule has 0 spiro atoms. The number of pyridine rings is 1. The van der Waals surface area contributed by atoms with Crippen molar-refractivity contribution >= 4 is 5.91 Å². The van der Waals surface area contributed by atoms with Gasteiger partial charge in [-0.3, -0.25) is 14.7 Å². The zero-order valence-electron chi connectivity index (χ0n) is 13.2. The van der Waals surface area contributed by atoms with Crippen LogP contribution in [0.15, 0.2) is 42.6 Å². The molecular formula is C18H20FN3O. The molecule has 120 valence electrons. The summed E-state index contributed by atoms with van der Waals surface area (Å²) in [6.45, 7) is 5.29. The van der Waals surface area contributed by atoms with Crippen molar-refractivity contribution in [1.82, 2.24) is 14.8 Å². The fourth-order valence-electron chi connectivity index (χ4n) is 2.75. The van der Waals surface area contributed by atoms with E-state index in [1.165, 1.54) is 6.07 Å². The summed E-state index contributed by atoms with van der Waals surface area (Å²) in [6, 6.07) is 10.5. The lowest BCUT2D eigenvalue weighted by molar-refractivity contribution is 0.0626. The number of piperazine rings is 1. The van der Waals surface area contributed by atoms with E-state index in [-0.39, 0.29) is 11.7 Å². The molecule has 0 unspecified atom stereocenters. The monoisotopic (exact) mass is 313 g/mol. The molecular weight excluding hydrogens is 293 g/mol. The van der Waals surface area contributed by atoms with Gasteiger partial charge >= 0.3 is 0 Å². The van der Waals surface area contributed by atoms with Gasteiger partial charge in [0.05, 0.1) is 5.56 Å². The van der Waals surface area contributed by atoms with E-state index in [0.29, 0.717) is 30.8 Å². The molecule has 1 aliphatic heterocycles. The minimum absolute atomic E-state index is 0.0167. The number of aromatic nitrogens is 1. The average molecular weight is 313 g/mol. The van der Waals surface area contributed by atoms with Crippen LogP contribution in [0.4, 0.5) is 4.39 Å². The molecule has 3 rings (SSSR count). The molecule has 0 N–H and O–H groups in total. The van der Waals surface area contributed by atoms with Gasteiger partial charge in [-0.1, -0.05) is 18.2 Å². The van der Waals surface area contributed by atoms with Gasteiger partial charge in [0, 0.05) is 50.2 Å². The van der Waals surface area contributed by atoms with E-state index in [1.807, 2.05) is 36.1 Å². The maximum absolute atomic E-state index is 13.7. The molecule has 1 fully saturated rings. The van der Waals surface area contributed by atoms with Crippen molar-refractivity contribution in [3.8, 4) is 0 Å². The van der Waals surface area contributed by atoms with Crippen molar-refractivity contribution in [3.63, 3.8) is 0 Å². The van der Waals surface area contributed by atoms with Crippen molar-refractivity contribution in [2.45, 2.75) is 13.5 Å². The van der Waals surface area contributed by atoms with Crippen LogP contribution in [0.1, 0.15) is 21.6 Å². The predicted octanol–water partition coefficient (Wildman–Crippen LogP) is 2.49. The number of hydrogen-bond acceptors (Lipinski definition) is 3. The number of halogens is 1. The van der Waals surface area contributed by atoms with E-state index >= 15 is 0 Å². The number of nitrogens with zero attached hydrogens (tertiary/aromatic N) is 3. The Kier molecular flexibility index (Phi) is 4.67. The van der Waals surface area contributed by atoms with Crippen molar-refractivity contribution in [1.29, 1.82) is 0 Å². The molecule has 1 aliphatic rings. The average Bonchev–Trinajstić information content (AvgIpc) is 2.58. The summed E-state index contributed by atoms with van der Waals surface area (Å²) < 4.78 is 13.7. The second kappa shape index (κ2) is 6.87. The first kappa shape index (κ1) is 15.6. The van der Waals surface area contributed by atoms with Crippen LogP contribution in [0, 0.1) is 12.7 Å². The van der Waals surface area contributed by atoms with Crippen LogP contribution >= 0.6 is 0 Å². The molecule has 1 aromatic heterocycles. The Hall–Kier alpha value is -2.27. The molecule has 0 radical (unpaired) electrons. The van der Waals surface area contributed by atoms with E-state index in [4.69, 9.17) is 0 Å². The normalized spacial score (nSPS) is 15.7. The quantitative estimate of drug-likeness (QED) is 0.873. The smallest absolute Gasteiger partial charge is 0.255 e. The first-order valence-electron chi connectivity index (χ1n) is 7.81. The zero-order chi connectivity index (χ0) is 16.2. The molecule has 4 nitrogen and oxygen atoms in total. The van der Waals surface area contributed by atoms with Crippen LogP contribution in [0.5, 0.6) is 0 Å².